The number of carboxylic acids is 1. The first kappa shape index (κ1) is 13.0. The van der Waals surface area contributed by atoms with E-state index in [9.17, 15) is 4.79 Å². The summed E-state index contributed by atoms with van der Waals surface area (Å²) in [4.78, 5) is 10.8. The number of carbonyl (C=O) groups is 1. The molecule has 0 bridgehead atoms. The molecule has 2 aromatic heterocycles. The Bertz CT molecular complexity index is 559. The Morgan fingerprint density at radius 3 is 2.72 bits per heavy atom. The highest BCUT2D eigenvalue weighted by Gasteiger charge is 2.19. The van der Waals surface area contributed by atoms with Crippen LogP contribution in [0.25, 0.3) is 10.6 Å². The Balaban J connectivity index is 2.23. The summed E-state index contributed by atoms with van der Waals surface area (Å²) in [7, 11) is 0. The van der Waals surface area contributed by atoms with Crippen molar-refractivity contribution in [3.63, 3.8) is 0 Å². The molecule has 1 N–H and O–H groups in total. The van der Waals surface area contributed by atoms with Crippen LogP contribution in [0.3, 0.4) is 0 Å². The highest BCUT2D eigenvalue weighted by atomic mass is 32.2. The molecule has 0 amide bonds. The Kier molecular flexibility index (Phi) is 3.67. The first-order valence-electron chi connectivity index (χ1n) is 5.15. The summed E-state index contributed by atoms with van der Waals surface area (Å²) in [5.41, 5.74) is 1.59. The molecule has 8 heteroatoms. The Morgan fingerprint density at radius 2 is 2.17 bits per heavy atom. The lowest BCUT2D eigenvalue weighted by Crippen LogP contribution is -2.10. The van der Waals surface area contributed by atoms with Gasteiger partial charge in [-0.2, -0.15) is 0 Å². The first-order valence-corrected chi connectivity index (χ1v) is 6.85. The molecule has 0 fully saturated rings. The number of carboxylic acid groups (broad SMARTS) is 1. The standard InChI is InChI=1S/C10H11N3O3S2/c1-4-7(5(2)16-13-4)8-11-12-10(18-8)17-6(3)9(14)15/h6H,1-3H3,(H,14,15). The second-order valence-corrected chi connectivity index (χ2v) is 6.24. The van der Waals surface area contributed by atoms with Gasteiger partial charge in [0.2, 0.25) is 0 Å². The smallest absolute Gasteiger partial charge is 0.316 e. The molecule has 0 aliphatic carbocycles. The van der Waals surface area contributed by atoms with Gasteiger partial charge in [-0.25, -0.2) is 0 Å². The van der Waals surface area contributed by atoms with Crippen molar-refractivity contribution in [1.82, 2.24) is 15.4 Å². The van der Waals surface area contributed by atoms with Gasteiger partial charge in [0.15, 0.2) is 9.35 Å². The molecule has 0 aliphatic heterocycles. The second kappa shape index (κ2) is 5.07. The van der Waals surface area contributed by atoms with E-state index in [0.29, 0.717) is 15.1 Å². The minimum Gasteiger partial charge on any atom is -0.480 e. The van der Waals surface area contributed by atoms with Gasteiger partial charge in [0, 0.05) is 0 Å². The fourth-order valence-corrected chi connectivity index (χ4v) is 3.42. The molecule has 96 valence electrons. The predicted octanol–water partition coefficient (Wildman–Crippen LogP) is 2.38. The maximum atomic E-state index is 10.8. The summed E-state index contributed by atoms with van der Waals surface area (Å²) in [5, 5.41) is 20.9. The van der Waals surface area contributed by atoms with Crippen LogP contribution in [0.5, 0.6) is 0 Å². The summed E-state index contributed by atoms with van der Waals surface area (Å²) < 4.78 is 5.69. The minimum atomic E-state index is -0.867. The molecule has 2 aromatic rings. The highest BCUT2D eigenvalue weighted by Crippen LogP contribution is 2.34. The highest BCUT2D eigenvalue weighted by molar-refractivity contribution is 8.02. The van der Waals surface area contributed by atoms with E-state index in [1.165, 1.54) is 23.1 Å². The molecule has 0 radical (unpaired) electrons. The topological polar surface area (TPSA) is 89.1 Å². The number of aliphatic carboxylic acids is 1. The summed E-state index contributed by atoms with van der Waals surface area (Å²) in [5.74, 6) is -0.180. The van der Waals surface area contributed by atoms with Gasteiger partial charge in [-0.05, 0) is 20.8 Å². The van der Waals surface area contributed by atoms with Crippen LogP contribution < -0.4 is 0 Å². The predicted molar refractivity (Wildman–Crippen MR) is 67.8 cm³/mol. The molecule has 6 nitrogen and oxygen atoms in total. The van der Waals surface area contributed by atoms with E-state index >= 15 is 0 Å². The van der Waals surface area contributed by atoms with Gasteiger partial charge in [-0.15, -0.1) is 10.2 Å². The van der Waals surface area contributed by atoms with Gasteiger partial charge in [0.25, 0.3) is 0 Å². The number of hydrogen-bond acceptors (Lipinski definition) is 7. The van der Waals surface area contributed by atoms with Crippen molar-refractivity contribution in [2.45, 2.75) is 30.4 Å². The molecule has 1 atom stereocenters. The van der Waals surface area contributed by atoms with E-state index in [0.717, 1.165) is 11.3 Å². The lowest BCUT2D eigenvalue weighted by molar-refractivity contribution is -0.136. The monoisotopic (exact) mass is 285 g/mol. The van der Waals surface area contributed by atoms with Crippen molar-refractivity contribution in [2.75, 3.05) is 0 Å². The second-order valence-electron chi connectivity index (χ2n) is 3.67. The van der Waals surface area contributed by atoms with Crippen LogP contribution >= 0.6 is 23.1 Å². The third-order valence-electron chi connectivity index (χ3n) is 2.28. The van der Waals surface area contributed by atoms with Gasteiger partial charge < -0.3 is 9.63 Å². The Morgan fingerprint density at radius 1 is 1.44 bits per heavy atom. The molecule has 2 heterocycles. The van der Waals surface area contributed by atoms with E-state index in [-0.39, 0.29) is 0 Å². The van der Waals surface area contributed by atoms with Crippen LogP contribution in [0.1, 0.15) is 18.4 Å². The summed E-state index contributed by atoms with van der Waals surface area (Å²) in [6, 6.07) is 0. The summed E-state index contributed by atoms with van der Waals surface area (Å²) in [6.07, 6.45) is 0. The maximum absolute atomic E-state index is 10.8. The van der Waals surface area contributed by atoms with Crippen molar-refractivity contribution in [1.29, 1.82) is 0 Å². The van der Waals surface area contributed by atoms with Crippen molar-refractivity contribution < 1.29 is 14.4 Å². The lowest BCUT2D eigenvalue weighted by Gasteiger charge is -2.00. The van der Waals surface area contributed by atoms with Gasteiger partial charge in [0.05, 0.1) is 11.3 Å². The van der Waals surface area contributed by atoms with Crippen LogP contribution in [0, 0.1) is 13.8 Å². The van der Waals surface area contributed by atoms with E-state index < -0.39 is 11.2 Å². The van der Waals surface area contributed by atoms with Crippen molar-refractivity contribution >= 4 is 29.1 Å². The Labute approximate surface area is 111 Å². The molecule has 0 saturated heterocycles. The van der Waals surface area contributed by atoms with Crippen molar-refractivity contribution in [2.24, 2.45) is 0 Å². The van der Waals surface area contributed by atoms with E-state index in [1.54, 1.807) is 6.92 Å². The molecule has 18 heavy (non-hydrogen) atoms. The van der Waals surface area contributed by atoms with Crippen LogP contribution in [-0.4, -0.2) is 31.7 Å². The minimum absolute atomic E-state index is 0.546. The molecule has 2 rings (SSSR count). The van der Waals surface area contributed by atoms with Crippen LogP contribution in [0.15, 0.2) is 8.86 Å². The summed E-state index contributed by atoms with van der Waals surface area (Å²) in [6.45, 7) is 5.26. The molecule has 0 saturated carbocycles. The normalized spacial score (nSPS) is 12.6. The number of aromatic nitrogens is 3. The van der Waals surface area contributed by atoms with Crippen LogP contribution in [0.2, 0.25) is 0 Å². The third-order valence-corrected chi connectivity index (χ3v) is 4.39. The van der Waals surface area contributed by atoms with Crippen LogP contribution in [0.4, 0.5) is 0 Å². The van der Waals surface area contributed by atoms with Gasteiger partial charge >= 0.3 is 5.97 Å². The number of hydrogen-bond donors (Lipinski definition) is 1. The van der Waals surface area contributed by atoms with Crippen molar-refractivity contribution in [3.05, 3.63) is 11.5 Å². The van der Waals surface area contributed by atoms with Gasteiger partial charge in [-0.1, -0.05) is 28.3 Å². The number of aryl methyl sites for hydroxylation is 2. The molecule has 0 aliphatic rings. The maximum Gasteiger partial charge on any atom is 0.316 e. The molecular weight excluding hydrogens is 274 g/mol. The number of rotatable bonds is 4. The number of nitrogens with zero attached hydrogens (tertiary/aromatic N) is 3. The first-order chi connectivity index (χ1) is 8.49. The van der Waals surface area contributed by atoms with E-state index in [2.05, 4.69) is 15.4 Å². The SMILES string of the molecule is Cc1noc(C)c1-c1nnc(SC(C)C(=O)O)s1. The molecule has 1 unspecified atom stereocenters. The van der Waals surface area contributed by atoms with Crippen LogP contribution in [-0.2, 0) is 4.79 Å². The Hall–Kier alpha value is -1.41. The largest absolute Gasteiger partial charge is 0.480 e. The molecule has 0 aromatic carbocycles. The zero-order valence-corrected chi connectivity index (χ0v) is 11.6. The van der Waals surface area contributed by atoms with Gasteiger partial charge in [-0.3, -0.25) is 4.79 Å². The lowest BCUT2D eigenvalue weighted by atomic mass is 10.2. The van der Waals surface area contributed by atoms with Crippen molar-refractivity contribution in [3.8, 4) is 10.6 Å². The zero-order chi connectivity index (χ0) is 13.3. The fourth-order valence-electron chi connectivity index (χ4n) is 1.35. The van der Waals surface area contributed by atoms with Gasteiger partial charge in [0.1, 0.15) is 11.0 Å². The zero-order valence-electron chi connectivity index (χ0n) is 10.00. The molecule has 0 spiro atoms. The van der Waals surface area contributed by atoms with E-state index in [1.807, 2.05) is 13.8 Å². The molecular formula is C10H11N3O3S2. The number of thioether (sulfide) groups is 1. The average Bonchev–Trinajstić information content (AvgIpc) is 2.86. The fraction of sp³-hybridized carbons (Fsp3) is 0.400. The summed E-state index contributed by atoms with van der Waals surface area (Å²) >= 11 is 2.52. The quantitative estimate of drug-likeness (QED) is 0.862. The average molecular weight is 285 g/mol. The van der Waals surface area contributed by atoms with E-state index in [4.69, 9.17) is 9.63 Å². The third kappa shape index (κ3) is 2.54.